The van der Waals surface area contributed by atoms with Gasteiger partial charge in [0.25, 0.3) is 0 Å². The number of rotatable bonds is 6. The summed E-state index contributed by atoms with van der Waals surface area (Å²) in [7, 11) is 1.60. The molecule has 29 heavy (non-hydrogen) atoms. The molecule has 11 heteroatoms. The number of benzene rings is 1. The molecule has 1 aliphatic rings. The van der Waals surface area contributed by atoms with Crippen LogP contribution in [0.3, 0.4) is 0 Å². The molecular weight excluding hydrogens is 402 g/mol. The van der Waals surface area contributed by atoms with E-state index in [1.807, 2.05) is 24.3 Å². The van der Waals surface area contributed by atoms with Crippen molar-refractivity contribution < 1.29 is 24.8 Å². The monoisotopic (exact) mass is 421 g/mol. The number of hydrogen-bond donors (Lipinski definition) is 4. The molecule has 2 aromatic heterocycles. The molecule has 0 saturated carbocycles. The largest absolute Gasteiger partial charge is 0.497 e. The van der Waals surface area contributed by atoms with Crippen LogP contribution < -0.4 is 10.1 Å². The van der Waals surface area contributed by atoms with Crippen LogP contribution >= 0.6 is 11.6 Å². The van der Waals surface area contributed by atoms with Gasteiger partial charge in [0.15, 0.2) is 23.2 Å². The third kappa shape index (κ3) is 3.72. The van der Waals surface area contributed by atoms with Gasteiger partial charge >= 0.3 is 0 Å². The summed E-state index contributed by atoms with van der Waals surface area (Å²) in [6.07, 6.45) is -2.94. The zero-order valence-corrected chi connectivity index (χ0v) is 16.2. The van der Waals surface area contributed by atoms with Gasteiger partial charge in [-0.2, -0.15) is 9.97 Å². The lowest BCUT2D eigenvalue weighted by Crippen LogP contribution is -2.33. The third-order valence-electron chi connectivity index (χ3n) is 4.78. The number of aromatic nitrogens is 4. The molecule has 0 bridgehead atoms. The average Bonchev–Trinajstić information content (AvgIpc) is 3.27. The molecule has 4 atom stereocenters. The molecule has 0 amide bonds. The SMILES string of the molecule is COc1cccc(CNc2nc(Cl)nc3c2ncn3C2O[C@H](CO)[C@@H](O)[C@H]2O)c1. The summed E-state index contributed by atoms with van der Waals surface area (Å²) in [6.45, 7) is 0.0186. The van der Waals surface area contributed by atoms with Gasteiger partial charge in [0, 0.05) is 6.54 Å². The van der Waals surface area contributed by atoms with Gasteiger partial charge in [-0.1, -0.05) is 12.1 Å². The van der Waals surface area contributed by atoms with E-state index in [2.05, 4.69) is 20.3 Å². The van der Waals surface area contributed by atoms with Gasteiger partial charge in [0.05, 0.1) is 20.0 Å². The van der Waals surface area contributed by atoms with Crippen LogP contribution in [0.1, 0.15) is 11.8 Å². The standard InChI is InChI=1S/C18H20ClN5O5/c1-28-10-4-2-3-9(5-10)6-20-15-12-16(23-18(19)22-15)24(8-21-12)17-14(27)13(26)11(7-25)29-17/h2-5,8,11,13-14,17,25-27H,6-7H2,1H3,(H,20,22,23)/t11-,13-,14-,17?/m1/s1. The van der Waals surface area contributed by atoms with Gasteiger partial charge in [-0.3, -0.25) is 4.57 Å². The van der Waals surface area contributed by atoms with Gasteiger partial charge in [0.1, 0.15) is 24.1 Å². The van der Waals surface area contributed by atoms with E-state index < -0.39 is 31.1 Å². The first-order chi connectivity index (χ1) is 14.0. The molecule has 1 aliphatic heterocycles. The van der Waals surface area contributed by atoms with E-state index in [4.69, 9.17) is 21.1 Å². The predicted octanol–water partition coefficient (Wildman–Crippen LogP) is 0.712. The lowest BCUT2D eigenvalue weighted by Gasteiger charge is -2.16. The van der Waals surface area contributed by atoms with Crippen molar-refractivity contribution >= 4 is 28.6 Å². The summed E-state index contributed by atoms with van der Waals surface area (Å²) in [5.41, 5.74) is 1.72. The highest BCUT2D eigenvalue weighted by molar-refractivity contribution is 6.28. The number of methoxy groups -OCH3 is 1. The first-order valence-corrected chi connectivity index (χ1v) is 9.29. The highest BCUT2D eigenvalue weighted by Crippen LogP contribution is 2.32. The van der Waals surface area contributed by atoms with Crippen LogP contribution in [0.25, 0.3) is 11.2 Å². The summed E-state index contributed by atoms with van der Waals surface area (Å²) in [5, 5.41) is 32.8. The molecule has 1 fully saturated rings. The average molecular weight is 422 g/mol. The fourth-order valence-electron chi connectivity index (χ4n) is 3.28. The van der Waals surface area contributed by atoms with Crippen molar-refractivity contribution in [2.75, 3.05) is 19.0 Å². The van der Waals surface area contributed by atoms with E-state index in [0.717, 1.165) is 11.3 Å². The molecule has 1 aromatic carbocycles. The Bertz CT molecular complexity index is 1020. The molecule has 1 saturated heterocycles. The van der Waals surface area contributed by atoms with Crippen LogP contribution in [-0.4, -0.2) is 66.9 Å². The van der Waals surface area contributed by atoms with Crippen molar-refractivity contribution in [2.24, 2.45) is 0 Å². The van der Waals surface area contributed by atoms with Crippen LogP contribution in [0.2, 0.25) is 5.28 Å². The maximum atomic E-state index is 10.3. The Morgan fingerprint density at radius 2 is 2.10 bits per heavy atom. The number of halogens is 1. The van der Waals surface area contributed by atoms with E-state index in [9.17, 15) is 15.3 Å². The van der Waals surface area contributed by atoms with Gasteiger partial charge in [-0.25, -0.2) is 4.98 Å². The normalized spacial score (nSPS) is 24.2. The Kier molecular flexibility index (Phi) is 5.52. The van der Waals surface area contributed by atoms with E-state index in [1.54, 1.807) is 7.11 Å². The highest BCUT2D eigenvalue weighted by atomic mass is 35.5. The van der Waals surface area contributed by atoms with Crippen molar-refractivity contribution in [1.82, 2.24) is 19.5 Å². The van der Waals surface area contributed by atoms with E-state index in [1.165, 1.54) is 10.9 Å². The lowest BCUT2D eigenvalue weighted by atomic mass is 10.1. The Morgan fingerprint density at radius 1 is 1.28 bits per heavy atom. The molecule has 4 rings (SSSR count). The molecule has 0 aliphatic carbocycles. The number of aliphatic hydroxyl groups is 3. The Hall–Kier alpha value is -2.50. The zero-order valence-electron chi connectivity index (χ0n) is 15.4. The second kappa shape index (κ2) is 8.09. The van der Waals surface area contributed by atoms with Crippen LogP contribution in [-0.2, 0) is 11.3 Å². The fourth-order valence-corrected chi connectivity index (χ4v) is 3.44. The molecule has 3 heterocycles. The molecule has 10 nitrogen and oxygen atoms in total. The van der Waals surface area contributed by atoms with Gasteiger partial charge < -0.3 is 30.1 Å². The van der Waals surface area contributed by atoms with Gasteiger partial charge in [-0.15, -0.1) is 0 Å². The second-order valence-electron chi connectivity index (χ2n) is 6.60. The zero-order chi connectivity index (χ0) is 20.5. The molecule has 0 spiro atoms. The highest BCUT2D eigenvalue weighted by Gasteiger charge is 2.44. The number of fused-ring (bicyclic) bond motifs is 1. The first kappa shape index (κ1) is 19.8. The topological polar surface area (TPSA) is 135 Å². The van der Waals surface area contributed by atoms with Crippen LogP contribution in [0.4, 0.5) is 5.82 Å². The van der Waals surface area contributed by atoms with Gasteiger partial charge in [-0.05, 0) is 29.3 Å². The van der Waals surface area contributed by atoms with E-state index in [0.29, 0.717) is 23.5 Å². The third-order valence-corrected chi connectivity index (χ3v) is 4.95. The smallest absolute Gasteiger partial charge is 0.226 e. The minimum Gasteiger partial charge on any atom is -0.497 e. The number of nitrogens with one attached hydrogen (secondary N) is 1. The number of nitrogens with zero attached hydrogens (tertiary/aromatic N) is 4. The molecular formula is C18H20ClN5O5. The van der Waals surface area contributed by atoms with Crippen molar-refractivity contribution in [1.29, 1.82) is 0 Å². The quantitative estimate of drug-likeness (QED) is 0.424. The maximum Gasteiger partial charge on any atom is 0.226 e. The Morgan fingerprint density at radius 3 is 2.83 bits per heavy atom. The van der Waals surface area contributed by atoms with Crippen molar-refractivity contribution in [2.45, 2.75) is 31.1 Å². The van der Waals surface area contributed by atoms with E-state index in [-0.39, 0.29) is 5.28 Å². The molecule has 0 radical (unpaired) electrons. The van der Waals surface area contributed by atoms with Crippen LogP contribution in [0.5, 0.6) is 5.75 Å². The number of hydrogen-bond acceptors (Lipinski definition) is 9. The number of imidazole rings is 1. The number of anilines is 1. The molecule has 154 valence electrons. The Labute approximate surface area is 170 Å². The van der Waals surface area contributed by atoms with Crippen molar-refractivity contribution in [3.8, 4) is 5.75 Å². The first-order valence-electron chi connectivity index (χ1n) is 8.91. The second-order valence-corrected chi connectivity index (χ2v) is 6.94. The fraction of sp³-hybridized carbons (Fsp3) is 0.389. The van der Waals surface area contributed by atoms with Crippen molar-refractivity contribution in [3.63, 3.8) is 0 Å². The van der Waals surface area contributed by atoms with E-state index >= 15 is 0 Å². The lowest BCUT2D eigenvalue weighted by molar-refractivity contribution is -0.0511. The van der Waals surface area contributed by atoms with Crippen molar-refractivity contribution in [3.05, 3.63) is 41.4 Å². The van der Waals surface area contributed by atoms with Gasteiger partial charge in [0.2, 0.25) is 5.28 Å². The molecule has 3 aromatic rings. The minimum absolute atomic E-state index is 0.0147. The summed E-state index contributed by atoms with van der Waals surface area (Å²) in [5.74, 6) is 1.15. The molecule has 1 unspecified atom stereocenters. The summed E-state index contributed by atoms with van der Waals surface area (Å²) < 4.78 is 12.2. The molecule has 4 N–H and O–H groups in total. The minimum atomic E-state index is -1.26. The maximum absolute atomic E-state index is 10.3. The summed E-state index contributed by atoms with van der Waals surface area (Å²) in [6, 6.07) is 7.57. The van der Waals surface area contributed by atoms with Crippen LogP contribution in [0, 0.1) is 0 Å². The predicted molar refractivity (Wildman–Crippen MR) is 104 cm³/mol. The Balaban J connectivity index is 1.63. The number of ether oxygens (including phenoxy) is 2. The summed E-state index contributed by atoms with van der Waals surface area (Å²) in [4.78, 5) is 12.7. The number of aliphatic hydroxyl groups excluding tert-OH is 3. The summed E-state index contributed by atoms with van der Waals surface area (Å²) >= 11 is 6.09. The van der Waals surface area contributed by atoms with Crippen LogP contribution in [0.15, 0.2) is 30.6 Å².